The van der Waals surface area contributed by atoms with Crippen LogP contribution in [0.2, 0.25) is 0 Å². The van der Waals surface area contributed by atoms with Gasteiger partial charge in [0.05, 0.1) is 30.5 Å². The molecule has 1 heterocycles. The molecule has 2 bridgehead atoms. The van der Waals surface area contributed by atoms with Crippen LogP contribution in [0.15, 0.2) is 30.3 Å². The number of ketones is 2. The first-order valence-electron chi connectivity index (χ1n) is 18.6. The minimum absolute atomic E-state index is 0.00259. The molecule has 1 aliphatic heterocycles. The number of esters is 1. The van der Waals surface area contributed by atoms with E-state index in [1.54, 1.807) is 11.9 Å². The number of rotatable bonds is 18. The molecule has 3 aliphatic carbocycles. The molecular weight excluding hydrogens is 618 g/mol. The topological polar surface area (TPSA) is 113 Å². The van der Waals surface area contributed by atoms with Gasteiger partial charge in [-0.25, -0.2) is 0 Å². The SMILES string of the molecule is CC[C@@H](C)[C@H](CC(=O)[C@H]1CCCCN1C)C(=O)N(C)[C@H](C(=O)CC12CC(C(=O)N[C@@H](Cc3ccccc3)C[C@H](C)C(=O)OC)(C1)C2)C(C)C. The molecule has 0 aromatic heterocycles. The first kappa shape index (κ1) is 38.7. The van der Waals surface area contributed by atoms with Crippen molar-refractivity contribution in [2.75, 3.05) is 27.7 Å². The van der Waals surface area contributed by atoms with E-state index in [0.717, 1.165) is 37.8 Å². The third kappa shape index (κ3) is 8.81. The normalized spacial score (nSPS) is 26.3. The number of Topliss-reactive ketones (excluding diaryl/α,β-unsaturated/α-hetero) is 2. The third-order valence-electron chi connectivity index (χ3n) is 12.0. The van der Waals surface area contributed by atoms with Crippen LogP contribution < -0.4 is 5.32 Å². The van der Waals surface area contributed by atoms with Crippen molar-refractivity contribution < 1.29 is 28.7 Å². The number of carbonyl (C=O) groups excluding carboxylic acids is 5. The summed E-state index contributed by atoms with van der Waals surface area (Å²) in [6, 6.07) is 9.00. The number of likely N-dealkylation sites (N-methyl/N-ethyl adjacent to an activating group) is 2. The molecule has 9 nitrogen and oxygen atoms in total. The predicted octanol–water partition coefficient (Wildman–Crippen LogP) is 5.63. The summed E-state index contributed by atoms with van der Waals surface area (Å²) in [5.41, 5.74) is 0.397. The molecule has 0 spiro atoms. The molecular formula is C40H61N3O6. The number of carbonyl (C=O) groups is 5. The second kappa shape index (κ2) is 16.3. The zero-order valence-corrected chi connectivity index (χ0v) is 31.3. The van der Waals surface area contributed by atoms with Gasteiger partial charge in [0.1, 0.15) is 0 Å². The van der Waals surface area contributed by atoms with Gasteiger partial charge in [0.25, 0.3) is 0 Å². The highest BCUT2D eigenvalue weighted by Gasteiger charge is 2.71. The van der Waals surface area contributed by atoms with Crippen LogP contribution in [0.3, 0.4) is 0 Å². The molecule has 2 amide bonds. The average Bonchev–Trinajstić information content (AvgIpc) is 3.03. The number of amides is 2. The number of hydrogen-bond donors (Lipinski definition) is 1. The van der Waals surface area contributed by atoms with Crippen molar-refractivity contribution in [3.63, 3.8) is 0 Å². The maximum Gasteiger partial charge on any atom is 0.308 e. The van der Waals surface area contributed by atoms with Crippen LogP contribution in [0.1, 0.15) is 104 Å². The molecule has 4 fully saturated rings. The summed E-state index contributed by atoms with van der Waals surface area (Å²) in [5, 5.41) is 3.26. The van der Waals surface area contributed by atoms with Crippen molar-refractivity contribution in [3.8, 4) is 0 Å². The summed E-state index contributed by atoms with van der Waals surface area (Å²) >= 11 is 0. The molecule has 5 rings (SSSR count). The molecule has 0 radical (unpaired) electrons. The van der Waals surface area contributed by atoms with E-state index in [9.17, 15) is 24.0 Å². The van der Waals surface area contributed by atoms with Crippen molar-refractivity contribution in [3.05, 3.63) is 35.9 Å². The van der Waals surface area contributed by atoms with Crippen LogP contribution in [0.4, 0.5) is 0 Å². The maximum absolute atomic E-state index is 14.1. The lowest BCUT2D eigenvalue weighted by Crippen LogP contribution is -2.69. The lowest BCUT2D eigenvalue weighted by molar-refractivity contribution is -0.211. The summed E-state index contributed by atoms with van der Waals surface area (Å²) in [5.74, 6) is -1.12. The second-order valence-corrected chi connectivity index (χ2v) is 16.3. The van der Waals surface area contributed by atoms with Crippen molar-refractivity contribution in [1.29, 1.82) is 0 Å². The van der Waals surface area contributed by atoms with E-state index in [4.69, 9.17) is 4.74 Å². The van der Waals surface area contributed by atoms with Crippen LogP contribution in [-0.2, 0) is 35.1 Å². The van der Waals surface area contributed by atoms with E-state index in [-0.39, 0.29) is 71.0 Å². The number of nitrogens with zero attached hydrogens (tertiary/aromatic N) is 2. The summed E-state index contributed by atoms with van der Waals surface area (Å²) in [7, 11) is 5.11. The molecule has 272 valence electrons. The molecule has 0 unspecified atom stereocenters. The van der Waals surface area contributed by atoms with Gasteiger partial charge in [0, 0.05) is 31.8 Å². The minimum atomic E-state index is -0.583. The van der Waals surface area contributed by atoms with Crippen LogP contribution in [0, 0.1) is 34.5 Å². The van der Waals surface area contributed by atoms with E-state index < -0.39 is 17.4 Å². The van der Waals surface area contributed by atoms with Gasteiger partial charge < -0.3 is 15.0 Å². The Balaban J connectivity index is 1.38. The molecule has 3 saturated carbocycles. The van der Waals surface area contributed by atoms with Crippen molar-refractivity contribution in [1.82, 2.24) is 15.1 Å². The highest BCUT2D eigenvalue weighted by molar-refractivity contribution is 5.94. The standard InChI is InChI=1S/C40H61N3O6/c1-9-27(4)31(21-33(44)32-17-13-14-18-42(32)6)36(46)43(7)35(26(2)3)34(45)22-39-23-40(24-39,25-39)38(48)41-30(19-28(5)37(47)49-8)20-29-15-11-10-12-16-29/h10-12,15-16,26-28,30-32,35H,9,13-14,17-25H2,1-8H3,(H,41,48)/t27-,28+,30-,31+,32-,35+,39?,40?/m1/s1. The Morgan fingerprint density at radius 2 is 1.67 bits per heavy atom. The second-order valence-electron chi connectivity index (χ2n) is 16.3. The fourth-order valence-corrected chi connectivity index (χ4v) is 9.14. The lowest BCUT2D eigenvalue weighted by atomic mass is 9.33. The van der Waals surface area contributed by atoms with E-state index in [1.165, 1.54) is 7.11 Å². The van der Waals surface area contributed by atoms with E-state index in [1.807, 2.05) is 72.0 Å². The van der Waals surface area contributed by atoms with Crippen LogP contribution in [0.5, 0.6) is 0 Å². The average molecular weight is 680 g/mol. The van der Waals surface area contributed by atoms with Gasteiger partial charge in [-0.15, -0.1) is 0 Å². The van der Waals surface area contributed by atoms with Gasteiger partial charge in [-0.3, -0.25) is 28.9 Å². The maximum atomic E-state index is 14.1. The number of ether oxygens (including phenoxy) is 1. The molecule has 1 saturated heterocycles. The van der Waals surface area contributed by atoms with Gasteiger partial charge in [0.2, 0.25) is 11.8 Å². The zero-order chi connectivity index (χ0) is 36.1. The minimum Gasteiger partial charge on any atom is -0.469 e. The summed E-state index contributed by atoms with van der Waals surface area (Å²) in [6.45, 7) is 10.8. The van der Waals surface area contributed by atoms with E-state index in [0.29, 0.717) is 38.5 Å². The summed E-state index contributed by atoms with van der Waals surface area (Å²) in [6.07, 6.45) is 7.34. The Bertz CT molecular complexity index is 1320. The van der Waals surface area contributed by atoms with Gasteiger partial charge in [-0.2, -0.15) is 0 Å². The Kier molecular flexibility index (Phi) is 12.9. The Morgan fingerprint density at radius 3 is 2.24 bits per heavy atom. The molecule has 1 aromatic carbocycles. The van der Waals surface area contributed by atoms with E-state index >= 15 is 0 Å². The molecule has 49 heavy (non-hydrogen) atoms. The molecule has 9 heteroatoms. The van der Waals surface area contributed by atoms with E-state index in [2.05, 4.69) is 10.2 Å². The van der Waals surface area contributed by atoms with Crippen LogP contribution in [-0.4, -0.2) is 85.0 Å². The molecule has 1 N–H and O–H groups in total. The van der Waals surface area contributed by atoms with Gasteiger partial charge in [0.15, 0.2) is 11.6 Å². The Labute approximate surface area is 294 Å². The summed E-state index contributed by atoms with van der Waals surface area (Å²) < 4.78 is 4.94. The van der Waals surface area contributed by atoms with Gasteiger partial charge >= 0.3 is 5.97 Å². The highest BCUT2D eigenvalue weighted by atomic mass is 16.5. The number of hydrogen-bond acceptors (Lipinski definition) is 7. The predicted molar refractivity (Wildman–Crippen MR) is 190 cm³/mol. The van der Waals surface area contributed by atoms with Gasteiger partial charge in [-0.1, -0.05) is 77.8 Å². The lowest BCUT2D eigenvalue weighted by Gasteiger charge is -2.69. The monoisotopic (exact) mass is 679 g/mol. The largest absolute Gasteiger partial charge is 0.469 e. The molecule has 6 atom stereocenters. The number of nitrogens with one attached hydrogen (secondary N) is 1. The third-order valence-corrected chi connectivity index (χ3v) is 12.0. The first-order chi connectivity index (χ1) is 23.2. The number of piperidine rings is 1. The van der Waals surface area contributed by atoms with Crippen molar-refractivity contribution >= 4 is 29.4 Å². The molecule has 4 aliphatic rings. The van der Waals surface area contributed by atoms with Crippen molar-refractivity contribution in [2.45, 2.75) is 123 Å². The zero-order valence-electron chi connectivity index (χ0n) is 31.3. The Morgan fingerprint density at radius 1 is 1.02 bits per heavy atom. The quantitative estimate of drug-likeness (QED) is 0.200. The molecule has 1 aromatic rings. The first-order valence-corrected chi connectivity index (χ1v) is 18.6. The summed E-state index contributed by atoms with van der Waals surface area (Å²) in [4.78, 5) is 71.2. The van der Waals surface area contributed by atoms with Crippen LogP contribution in [0.25, 0.3) is 0 Å². The number of methoxy groups -OCH3 is 1. The fraction of sp³-hybridized carbons (Fsp3) is 0.725. The van der Waals surface area contributed by atoms with Crippen LogP contribution >= 0.6 is 0 Å². The van der Waals surface area contributed by atoms with Gasteiger partial charge in [-0.05, 0) is 81.4 Å². The van der Waals surface area contributed by atoms with Crippen molar-refractivity contribution in [2.24, 2.45) is 34.5 Å². The fourth-order valence-electron chi connectivity index (χ4n) is 9.14. The highest BCUT2D eigenvalue weighted by Crippen LogP contribution is 2.75. The Hall–Kier alpha value is -3.07. The smallest absolute Gasteiger partial charge is 0.308 e. The number of likely N-dealkylation sites (tertiary alicyclic amines) is 1. The number of benzene rings is 1.